The lowest BCUT2D eigenvalue weighted by molar-refractivity contribution is 0.323. The first-order chi connectivity index (χ1) is 15.4. The Balaban J connectivity index is 1.82. The van der Waals surface area contributed by atoms with Gasteiger partial charge in [0.25, 0.3) is 0 Å². The van der Waals surface area contributed by atoms with E-state index in [1.54, 1.807) is 12.1 Å². The Labute approximate surface area is 185 Å². The second-order valence-electron chi connectivity index (χ2n) is 8.01. The van der Waals surface area contributed by atoms with Crippen molar-refractivity contribution in [3.63, 3.8) is 0 Å². The zero-order valence-electron chi connectivity index (χ0n) is 17.7. The predicted molar refractivity (Wildman–Crippen MR) is 118 cm³/mol. The average molecular weight is 459 g/mol. The number of nitrogens with zero attached hydrogens (tertiary/aromatic N) is 3. The van der Waals surface area contributed by atoms with Crippen LogP contribution < -0.4 is 4.72 Å². The molecule has 0 spiro atoms. The second kappa shape index (κ2) is 8.96. The van der Waals surface area contributed by atoms with Crippen molar-refractivity contribution in [3.05, 3.63) is 47.7 Å². The number of pyridine rings is 1. The maximum absolute atomic E-state index is 12.8. The van der Waals surface area contributed by atoms with Crippen LogP contribution in [-0.4, -0.2) is 37.4 Å². The Morgan fingerprint density at radius 3 is 2.47 bits per heavy atom. The minimum atomic E-state index is -4.07. The molecular weight excluding hydrogens is 434 g/mol. The summed E-state index contributed by atoms with van der Waals surface area (Å²) in [5.74, 6) is 0. The Morgan fingerprint density at radius 2 is 1.94 bits per heavy atom. The van der Waals surface area contributed by atoms with Crippen molar-refractivity contribution in [2.24, 2.45) is 0 Å². The maximum Gasteiger partial charge on any atom is 0.240 e. The van der Waals surface area contributed by atoms with Gasteiger partial charge in [0, 0.05) is 17.6 Å². The van der Waals surface area contributed by atoms with Crippen LogP contribution in [0.5, 0.6) is 0 Å². The van der Waals surface area contributed by atoms with Gasteiger partial charge in [-0.15, -0.1) is 0 Å². The smallest absolute Gasteiger partial charge is 0.240 e. The first-order valence-electron chi connectivity index (χ1n) is 10.6. The lowest BCUT2D eigenvalue weighted by Gasteiger charge is -2.29. The molecule has 1 N–H and O–H groups in total. The summed E-state index contributed by atoms with van der Waals surface area (Å²) in [7, 11) is -4.07. The van der Waals surface area contributed by atoms with Crippen molar-refractivity contribution in [2.45, 2.75) is 49.6 Å². The quantitative estimate of drug-likeness (QED) is 0.540. The number of nitrogens with one attached hydrogen (secondary N) is 1. The zero-order valence-corrected chi connectivity index (χ0v) is 18.5. The maximum atomic E-state index is 12.8. The molecule has 1 saturated carbocycles. The monoisotopic (exact) mass is 458 g/mol. The van der Waals surface area contributed by atoms with Crippen LogP contribution in [0, 0.1) is 11.3 Å². The van der Waals surface area contributed by atoms with Crippen LogP contribution in [0.3, 0.4) is 0 Å². The van der Waals surface area contributed by atoms with Gasteiger partial charge in [-0.1, -0.05) is 19.1 Å². The van der Waals surface area contributed by atoms with E-state index in [9.17, 15) is 22.5 Å². The summed E-state index contributed by atoms with van der Waals surface area (Å²) in [5, 5.41) is 10.8. The van der Waals surface area contributed by atoms with E-state index in [1.807, 2.05) is 23.9 Å². The molecule has 1 fully saturated rings. The zero-order chi connectivity index (χ0) is 22.9. The number of rotatable bonds is 8. The fourth-order valence-corrected chi connectivity index (χ4v) is 5.20. The van der Waals surface area contributed by atoms with E-state index in [0.717, 1.165) is 48.0 Å². The molecular formula is C23H24F2N4O2S. The van der Waals surface area contributed by atoms with Crippen LogP contribution in [0.1, 0.15) is 43.4 Å². The average Bonchev–Trinajstić information content (AvgIpc) is 3.09. The largest absolute Gasteiger partial charge is 0.321 e. The number of alkyl halides is 2. The molecule has 0 unspecified atom stereocenters. The van der Waals surface area contributed by atoms with Gasteiger partial charge < -0.3 is 4.57 Å². The highest BCUT2D eigenvalue weighted by molar-refractivity contribution is 7.89. The van der Waals surface area contributed by atoms with E-state index in [4.69, 9.17) is 0 Å². The van der Waals surface area contributed by atoms with E-state index < -0.39 is 29.4 Å². The molecule has 0 aliphatic heterocycles. The molecule has 9 heteroatoms. The number of sulfonamides is 1. The molecule has 1 aliphatic rings. The van der Waals surface area contributed by atoms with Gasteiger partial charge >= 0.3 is 0 Å². The van der Waals surface area contributed by atoms with Crippen LogP contribution in [0.2, 0.25) is 0 Å². The number of benzene rings is 1. The van der Waals surface area contributed by atoms with E-state index in [2.05, 4.69) is 15.6 Å². The summed E-state index contributed by atoms with van der Waals surface area (Å²) < 4.78 is 54.6. The highest BCUT2D eigenvalue weighted by atomic mass is 32.2. The van der Waals surface area contributed by atoms with Crippen molar-refractivity contribution < 1.29 is 17.2 Å². The van der Waals surface area contributed by atoms with Gasteiger partial charge in [-0.25, -0.2) is 26.9 Å². The molecule has 4 rings (SSSR count). The fourth-order valence-electron chi connectivity index (χ4n) is 4.00. The molecule has 2 heterocycles. The summed E-state index contributed by atoms with van der Waals surface area (Å²) in [6, 6.07) is 9.17. The van der Waals surface area contributed by atoms with Crippen molar-refractivity contribution in [1.82, 2.24) is 14.3 Å². The highest BCUT2D eigenvalue weighted by Gasteiger charge is 2.29. The number of hydrogen-bond acceptors (Lipinski definition) is 4. The molecule has 1 aliphatic carbocycles. The van der Waals surface area contributed by atoms with Gasteiger partial charge in [-0.3, -0.25) is 0 Å². The number of aryl methyl sites for hydroxylation is 1. The van der Waals surface area contributed by atoms with E-state index in [-0.39, 0.29) is 10.9 Å². The molecule has 0 bridgehead atoms. The highest BCUT2D eigenvalue weighted by Crippen LogP contribution is 2.42. The number of hydrogen-bond donors (Lipinski definition) is 1. The number of nitriles is 1. The SMILES string of the molecule is CCc1cnc2c(c1)c(C#N)c(-c1ccc(S(=O)(=O)NC(CF)CF)cc1)n2C1CCC1. The summed E-state index contributed by atoms with van der Waals surface area (Å²) in [6.45, 7) is -0.233. The number of aromatic nitrogens is 2. The van der Waals surface area contributed by atoms with Crippen LogP contribution in [0.4, 0.5) is 8.78 Å². The van der Waals surface area contributed by atoms with Crippen molar-refractivity contribution in [2.75, 3.05) is 13.3 Å². The van der Waals surface area contributed by atoms with Gasteiger partial charge in [0.2, 0.25) is 10.0 Å². The molecule has 3 aromatic rings. The minimum absolute atomic E-state index is 0.0932. The number of halogens is 2. The van der Waals surface area contributed by atoms with Crippen molar-refractivity contribution in [1.29, 1.82) is 5.26 Å². The first-order valence-corrected chi connectivity index (χ1v) is 12.1. The fraction of sp³-hybridized carbons (Fsp3) is 0.391. The Bertz CT molecular complexity index is 1270. The molecule has 32 heavy (non-hydrogen) atoms. The lowest BCUT2D eigenvalue weighted by atomic mass is 9.92. The Kier molecular flexibility index (Phi) is 6.26. The molecule has 0 radical (unpaired) electrons. The van der Waals surface area contributed by atoms with Crippen LogP contribution in [0.25, 0.3) is 22.3 Å². The standard InChI is InChI=1S/C23H24F2N4O2S/c1-2-15-10-20-21(13-26)22(29(18-4-3-5-18)23(20)27-14-15)16-6-8-19(9-7-16)32(30,31)28-17(11-24)12-25/h6-10,14,17-18,28H,2-5,11-12H2,1H3. The van der Waals surface area contributed by atoms with Crippen LogP contribution in [0.15, 0.2) is 41.4 Å². The number of fused-ring (bicyclic) bond motifs is 1. The third-order valence-corrected chi connectivity index (χ3v) is 7.53. The van der Waals surface area contributed by atoms with Crippen LogP contribution >= 0.6 is 0 Å². The normalized spacial score (nSPS) is 14.6. The van der Waals surface area contributed by atoms with Crippen molar-refractivity contribution >= 4 is 21.1 Å². The Morgan fingerprint density at radius 1 is 1.25 bits per heavy atom. The second-order valence-corrected chi connectivity index (χ2v) is 9.72. The first kappa shape index (κ1) is 22.4. The Hall–Kier alpha value is -2.83. The summed E-state index contributed by atoms with van der Waals surface area (Å²) in [4.78, 5) is 4.56. The molecule has 2 aromatic heterocycles. The van der Waals surface area contributed by atoms with E-state index >= 15 is 0 Å². The summed E-state index contributed by atoms with van der Waals surface area (Å²) in [6.07, 6.45) is 5.71. The van der Waals surface area contributed by atoms with Gasteiger partial charge in [-0.05, 0) is 55.0 Å². The van der Waals surface area contributed by atoms with Gasteiger partial charge in [0.15, 0.2) is 0 Å². The van der Waals surface area contributed by atoms with Crippen molar-refractivity contribution in [3.8, 4) is 17.3 Å². The summed E-state index contributed by atoms with van der Waals surface area (Å²) >= 11 is 0. The third-order valence-electron chi connectivity index (χ3n) is 5.99. The van der Waals surface area contributed by atoms with Gasteiger partial charge in [0.1, 0.15) is 25.1 Å². The van der Waals surface area contributed by atoms with E-state index in [1.165, 1.54) is 12.1 Å². The molecule has 168 valence electrons. The van der Waals surface area contributed by atoms with E-state index in [0.29, 0.717) is 11.1 Å². The predicted octanol–water partition coefficient (Wildman–Crippen LogP) is 4.45. The van der Waals surface area contributed by atoms with Crippen LogP contribution in [-0.2, 0) is 16.4 Å². The molecule has 1 aromatic carbocycles. The summed E-state index contributed by atoms with van der Waals surface area (Å²) in [5.41, 5.74) is 3.71. The molecule has 0 atom stereocenters. The minimum Gasteiger partial charge on any atom is -0.321 e. The molecule has 0 amide bonds. The molecule has 6 nitrogen and oxygen atoms in total. The molecule has 0 saturated heterocycles. The van der Waals surface area contributed by atoms with Gasteiger partial charge in [-0.2, -0.15) is 5.26 Å². The third kappa shape index (κ3) is 3.89. The van der Waals surface area contributed by atoms with Gasteiger partial charge in [0.05, 0.1) is 22.2 Å². The lowest BCUT2D eigenvalue weighted by Crippen LogP contribution is -2.37. The topological polar surface area (TPSA) is 87.8 Å².